The number of halogens is 1. The maximum atomic E-state index is 13.9. The van der Waals surface area contributed by atoms with Crippen LogP contribution in [0.5, 0.6) is 0 Å². The number of anilines is 1. The van der Waals surface area contributed by atoms with Crippen LogP contribution in [0.15, 0.2) is 47.4 Å². The van der Waals surface area contributed by atoms with Gasteiger partial charge in [-0.05, 0) is 54.8 Å². The van der Waals surface area contributed by atoms with E-state index < -0.39 is 21.9 Å². The maximum absolute atomic E-state index is 13.9. The van der Waals surface area contributed by atoms with Gasteiger partial charge in [-0.25, -0.2) is 4.39 Å². The standard InChI is InChI=1S/C22H20FN3O4S/c23-17-7-3-2-6-16(17)14-25-21(27)20(31-22(25)28)13-15-8-9-18(19(12-15)26(29)30)24-10-4-1-5-11-24/h2-3,6-9,12-13H,1,4-5,10-11,14H2/b20-13+. The van der Waals surface area contributed by atoms with Crippen molar-refractivity contribution in [2.24, 2.45) is 0 Å². The Morgan fingerprint density at radius 2 is 1.84 bits per heavy atom. The van der Waals surface area contributed by atoms with Crippen LogP contribution in [0.2, 0.25) is 0 Å². The van der Waals surface area contributed by atoms with Gasteiger partial charge in [-0.2, -0.15) is 0 Å². The molecule has 2 saturated heterocycles. The number of benzene rings is 2. The van der Waals surface area contributed by atoms with Crippen LogP contribution in [-0.4, -0.2) is 34.1 Å². The van der Waals surface area contributed by atoms with Gasteiger partial charge in [0.1, 0.15) is 11.5 Å². The fourth-order valence-electron chi connectivity index (χ4n) is 3.76. The van der Waals surface area contributed by atoms with Gasteiger partial charge in [0.25, 0.3) is 16.8 Å². The normalized spacial score (nSPS) is 18.2. The predicted molar refractivity (Wildman–Crippen MR) is 117 cm³/mol. The predicted octanol–water partition coefficient (Wildman–Crippen LogP) is 4.96. The molecule has 0 saturated carbocycles. The molecule has 0 aliphatic carbocycles. The molecule has 0 aromatic heterocycles. The summed E-state index contributed by atoms with van der Waals surface area (Å²) >= 11 is 0.744. The zero-order valence-corrected chi connectivity index (χ0v) is 17.4. The van der Waals surface area contributed by atoms with Gasteiger partial charge in [-0.1, -0.05) is 24.3 Å². The van der Waals surface area contributed by atoms with Crippen LogP contribution in [0.1, 0.15) is 30.4 Å². The van der Waals surface area contributed by atoms with E-state index in [0.29, 0.717) is 11.3 Å². The number of piperidine rings is 1. The second-order valence-corrected chi connectivity index (χ2v) is 8.41. The van der Waals surface area contributed by atoms with Crippen LogP contribution in [0.25, 0.3) is 6.08 Å². The van der Waals surface area contributed by atoms with Crippen molar-refractivity contribution in [2.45, 2.75) is 25.8 Å². The number of imide groups is 1. The van der Waals surface area contributed by atoms with Gasteiger partial charge in [0.2, 0.25) is 0 Å². The summed E-state index contributed by atoms with van der Waals surface area (Å²) in [6.45, 7) is 1.38. The van der Waals surface area contributed by atoms with E-state index in [9.17, 15) is 24.1 Å². The lowest BCUT2D eigenvalue weighted by molar-refractivity contribution is -0.384. The number of hydrogen-bond donors (Lipinski definition) is 0. The van der Waals surface area contributed by atoms with Crippen molar-refractivity contribution in [2.75, 3.05) is 18.0 Å². The summed E-state index contributed by atoms with van der Waals surface area (Å²) in [5, 5.41) is 11.1. The average Bonchev–Trinajstić information content (AvgIpc) is 3.03. The van der Waals surface area contributed by atoms with Gasteiger partial charge in [0, 0.05) is 24.7 Å². The first-order valence-electron chi connectivity index (χ1n) is 9.96. The van der Waals surface area contributed by atoms with Gasteiger partial charge in [0.15, 0.2) is 0 Å². The molecule has 9 heteroatoms. The molecular formula is C22H20FN3O4S. The van der Waals surface area contributed by atoms with Crippen LogP contribution in [-0.2, 0) is 11.3 Å². The molecule has 4 rings (SSSR count). The number of thioether (sulfide) groups is 1. The summed E-state index contributed by atoms with van der Waals surface area (Å²) in [7, 11) is 0. The Labute approximate surface area is 182 Å². The van der Waals surface area contributed by atoms with E-state index in [0.717, 1.165) is 49.0 Å². The fraction of sp³-hybridized carbons (Fsp3) is 0.273. The lowest BCUT2D eigenvalue weighted by Gasteiger charge is -2.28. The Hall–Kier alpha value is -3.20. The van der Waals surface area contributed by atoms with Crippen LogP contribution in [0.3, 0.4) is 0 Å². The van der Waals surface area contributed by atoms with Crippen molar-refractivity contribution in [1.82, 2.24) is 4.90 Å². The van der Waals surface area contributed by atoms with Gasteiger partial charge < -0.3 is 4.90 Å². The summed E-state index contributed by atoms with van der Waals surface area (Å²) in [5.74, 6) is -1.03. The molecule has 2 fully saturated rings. The molecule has 0 bridgehead atoms. The molecule has 2 aliphatic heterocycles. The topological polar surface area (TPSA) is 83.8 Å². The lowest BCUT2D eigenvalue weighted by atomic mass is 10.1. The molecule has 0 atom stereocenters. The van der Waals surface area contributed by atoms with Crippen molar-refractivity contribution in [3.63, 3.8) is 0 Å². The van der Waals surface area contributed by atoms with E-state index in [2.05, 4.69) is 0 Å². The molecule has 7 nitrogen and oxygen atoms in total. The van der Waals surface area contributed by atoms with E-state index in [1.54, 1.807) is 18.2 Å². The first kappa shape index (κ1) is 21.0. The second-order valence-electron chi connectivity index (χ2n) is 7.41. The van der Waals surface area contributed by atoms with E-state index in [1.165, 1.54) is 30.3 Å². The number of hydrogen-bond acceptors (Lipinski definition) is 6. The van der Waals surface area contributed by atoms with Crippen molar-refractivity contribution < 1.29 is 18.9 Å². The monoisotopic (exact) mass is 441 g/mol. The Balaban J connectivity index is 1.58. The first-order valence-corrected chi connectivity index (χ1v) is 10.8. The van der Waals surface area contributed by atoms with Gasteiger partial charge in [-0.3, -0.25) is 24.6 Å². The van der Waals surface area contributed by atoms with Crippen molar-refractivity contribution in [3.05, 3.63) is 74.4 Å². The third-order valence-corrected chi connectivity index (χ3v) is 6.26. The zero-order valence-electron chi connectivity index (χ0n) is 16.6. The number of nitro groups is 1. The summed E-state index contributed by atoms with van der Waals surface area (Å²) in [6.07, 6.45) is 4.58. The molecular weight excluding hydrogens is 421 g/mol. The molecule has 0 N–H and O–H groups in total. The summed E-state index contributed by atoms with van der Waals surface area (Å²) in [4.78, 5) is 39.4. The van der Waals surface area contributed by atoms with Gasteiger partial charge >= 0.3 is 0 Å². The smallest absolute Gasteiger partial charge is 0.293 e. The second kappa shape index (κ2) is 8.89. The highest BCUT2D eigenvalue weighted by atomic mass is 32.2. The number of carbonyl (C=O) groups is 2. The van der Waals surface area contributed by atoms with Gasteiger partial charge in [-0.15, -0.1) is 0 Å². The third-order valence-electron chi connectivity index (χ3n) is 5.35. The quantitative estimate of drug-likeness (QED) is 0.370. The lowest BCUT2D eigenvalue weighted by Crippen LogP contribution is -2.29. The van der Waals surface area contributed by atoms with E-state index >= 15 is 0 Å². The molecule has 160 valence electrons. The number of nitro benzene ring substituents is 1. The van der Waals surface area contributed by atoms with Crippen molar-refractivity contribution in [1.29, 1.82) is 0 Å². The van der Waals surface area contributed by atoms with Crippen LogP contribution >= 0.6 is 11.8 Å². The Morgan fingerprint density at radius 1 is 1.10 bits per heavy atom. The minimum absolute atomic E-state index is 0.0266. The van der Waals surface area contributed by atoms with E-state index in [1.807, 2.05) is 4.90 Å². The minimum Gasteiger partial charge on any atom is -0.366 e. The fourth-order valence-corrected chi connectivity index (χ4v) is 4.60. The zero-order chi connectivity index (χ0) is 22.0. The third kappa shape index (κ3) is 4.46. The van der Waals surface area contributed by atoms with Crippen LogP contribution in [0.4, 0.5) is 20.6 Å². The first-order chi connectivity index (χ1) is 14.9. The van der Waals surface area contributed by atoms with E-state index in [4.69, 9.17) is 0 Å². The molecule has 31 heavy (non-hydrogen) atoms. The molecule has 2 amide bonds. The average molecular weight is 441 g/mol. The number of nitrogens with zero attached hydrogens (tertiary/aromatic N) is 3. The van der Waals surface area contributed by atoms with Crippen LogP contribution in [0, 0.1) is 15.9 Å². The van der Waals surface area contributed by atoms with Crippen LogP contribution < -0.4 is 4.90 Å². The molecule has 2 aromatic carbocycles. The molecule has 0 radical (unpaired) electrons. The van der Waals surface area contributed by atoms with Crippen molar-refractivity contribution >= 4 is 40.4 Å². The minimum atomic E-state index is -0.541. The number of rotatable bonds is 5. The molecule has 2 aromatic rings. The van der Waals surface area contributed by atoms with Crippen molar-refractivity contribution in [3.8, 4) is 0 Å². The SMILES string of the molecule is O=C1S/C(=C/c2ccc(N3CCCCC3)c([N+](=O)[O-])c2)C(=O)N1Cc1ccccc1F. The van der Waals surface area contributed by atoms with E-state index in [-0.39, 0.29) is 22.7 Å². The summed E-state index contributed by atoms with van der Waals surface area (Å²) < 4.78 is 13.9. The largest absolute Gasteiger partial charge is 0.366 e. The highest BCUT2D eigenvalue weighted by molar-refractivity contribution is 8.18. The molecule has 0 unspecified atom stereocenters. The highest BCUT2D eigenvalue weighted by Gasteiger charge is 2.35. The Bertz CT molecular complexity index is 1080. The Morgan fingerprint density at radius 3 is 2.55 bits per heavy atom. The summed E-state index contributed by atoms with van der Waals surface area (Å²) in [5.41, 5.74) is 1.24. The summed E-state index contributed by atoms with van der Waals surface area (Å²) in [6, 6.07) is 10.8. The number of amides is 2. The maximum Gasteiger partial charge on any atom is 0.293 e. The molecule has 2 heterocycles. The van der Waals surface area contributed by atoms with Gasteiger partial charge in [0.05, 0.1) is 16.4 Å². The Kier molecular flexibility index (Phi) is 6.03. The molecule has 2 aliphatic rings. The number of carbonyl (C=O) groups excluding carboxylic acids is 2. The highest BCUT2D eigenvalue weighted by Crippen LogP contribution is 2.36. The molecule has 0 spiro atoms.